The van der Waals surface area contributed by atoms with Crippen LogP contribution in [-0.4, -0.2) is 57.4 Å². The van der Waals surface area contributed by atoms with Crippen molar-refractivity contribution < 1.29 is 158 Å². The molecule has 76 heavy (non-hydrogen) atoms. The molecule has 20 nitrogen and oxygen atoms in total. The molecule has 6 rings (SSSR count). The van der Waals surface area contributed by atoms with Gasteiger partial charge in [-0.3, -0.25) is 19.6 Å². The van der Waals surface area contributed by atoms with Crippen LogP contribution in [0.2, 0.25) is 0 Å². The zero-order valence-electron chi connectivity index (χ0n) is 41.2. The first-order valence-electron chi connectivity index (χ1n) is 19.8. The van der Waals surface area contributed by atoms with Gasteiger partial charge in [-0.2, -0.15) is 0 Å². The number of hydrogen-bond acceptors (Lipinski definition) is 18. The van der Waals surface area contributed by atoms with E-state index in [2.05, 4.69) is 9.97 Å². The number of allylic oxidation sites excluding steroid dienone is 2. The van der Waals surface area contributed by atoms with Gasteiger partial charge in [-0.1, -0.05) is 145 Å². The summed E-state index contributed by atoms with van der Waals surface area (Å²) >= 11 is 0. The maximum atomic E-state index is 11.8. The number of rotatable bonds is 6. The molecule has 0 atom stereocenters. The van der Waals surface area contributed by atoms with Crippen LogP contribution in [0.1, 0.15) is 73.4 Å². The number of nitrogens with zero attached hydrogens (tertiary/aromatic N) is 2. The molecule has 0 amide bonds. The van der Waals surface area contributed by atoms with Gasteiger partial charge in [0.15, 0.2) is 11.6 Å². The standard InChI is InChI=1S/2C15H12O2.2C5H5N.6C2H4O2.4Mn.2O/c2*16-14(12-7-3-1-4-8-12)11-15(17)13-9-5-2-6-10-13;2*1-2-4-6-5-3-1;6*1-2(3)4;;;;;;/h2*1-11,16H;2*1-5H;6*1H3,(H,3,4);;;;;;/q;;;;;;;;;;4*+3;2*-2/p-8/b2*14-11-;;;;;;;;;;;;;;. The Balaban J connectivity index is -0.0000000851. The van der Waals surface area contributed by atoms with E-state index in [0.29, 0.717) is 22.3 Å². The summed E-state index contributed by atoms with van der Waals surface area (Å²) in [5, 5.41) is 76.8. The molecule has 0 saturated carbocycles. The molecule has 404 valence electrons. The van der Waals surface area contributed by atoms with E-state index in [1.54, 1.807) is 122 Å². The SMILES string of the molecule is CC(=O)[O-].CC(=O)[O-].CC(=O)[O-].CC(=O)[O-].CC(=O)[O-].CC(=O)[O-].O=C(/C=C(\[O-])c1ccccc1)c1ccccc1.O=C(/C=C(\[O-])c1ccccc1)c1ccccc1.[Mn+3].[Mn+3].[Mn+3].[Mn+3].[O-2].[O-2].c1ccncc1.c1ccncc1. The van der Waals surface area contributed by atoms with Crippen LogP contribution in [0, 0.1) is 0 Å². The predicted molar refractivity (Wildman–Crippen MR) is 244 cm³/mol. The molecule has 0 N–H and O–H groups in total. The molecule has 0 fully saturated rings. The number of carbonyl (C=O) groups is 8. The van der Waals surface area contributed by atoms with Crippen LogP contribution in [0.15, 0.2) is 195 Å². The fourth-order valence-corrected chi connectivity index (χ4v) is 3.61. The van der Waals surface area contributed by atoms with Crippen LogP contribution >= 0.6 is 0 Å². The van der Waals surface area contributed by atoms with Gasteiger partial charge in [0, 0.05) is 71.7 Å². The van der Waals surface area contributed by atoms with Crippen molar-refractivity contribution in [3.05, 3.63) is 217 Å². The van der Waals surface area contributed by atoms with Gasteiger partial charge in [0.1, 0.15) is 0 Å². The Labute approximate surface area is 482 Å². The molecule has 2 aromatic heterocycles. The molecule has 0 unspecified atom stereocenters. The quantitative estimate of drug-likeness (QED) is 0.0835. The number of carboxylic acid groups (broad SMARTS) is 6. The van der Waals surface area contributed by atoms with Crippen LogP contribution in [0.25, 0.3) is 11.5 Å². The van der Waals surface area contributed by atoms with Crippen molar-refractivity contribution in [1.82, 2.24) is 9.97 Å². The summed E-state index contributed by atoms with van der Waals surface area (Å²) in [5.74, 6) is -7.56. The Hall–Kier alpha value is -7.58. The molecular weight excluding hydrogens is 1160 g/mol. The number of pyridine rings is 2. The van der Waals surface area contributed by atoms with Crippen LogP contribution < -0.4 is 40.9 Å². The van der Waals surface area contributed by atoms with Gasteiger partial charge >= 0.3 is 68.3 Å². The average molecular weight is 1210 g/mol. The van der Waals surface area contributed by atoms with Gasteiger partial charge in [0.05, 0.1) is 0 Å². The van der Waals surface area contributed by atoms with E-state index >= 15 is 0 Å². The minimum absolute atomic E-state index is 0. The first kappa shape index (κ1) is 91.1. The molecule has 0 spiro atoms. The Morgan fingerprint density at radius 2 is 0.434 bits per heavy atom. The third-order valence-corrected chi connectivity index (χ3v) is 5.89. The molecule has 0 aliphatic heterocycles. The van der Waals surface area contributed by atoms with E-state index < -0.39 is 35.8 Å². The van der Waals surface area contributed by atoms with Crippen LogP contribution in [0.3, 0.4) is 0 Å². The monoisotopic (exact) mass is 1210 g/mol. The summed E-state index contributed by atoms with van der Waals surface area (Å²) in [7, 11) is 0. The molecular formula is C52H50Mn4N2O18. The zero-order valence-corrected chi connectivity index (χ0v) is 46.0. The van der Waals surface area contributed by atoms with E-state index in [1.165, 1.54) is 0 Å². The van der Waals surface area contributed by atoms with Gasteiger partial charge in [0.25, 0.3) is 0 Å². The fraction of sp³-hybridized carbons (Fsp3) is 0.115. The van der Waals surface area contributed by atoms with Crippen molar-refractivity contribution in [2.75, 3.05) is 0 Å². The molecule has 0 aliphatic carbocycles. The van der Waals surface area contributed by atoms with Gasteiger partial charge < -0.3 is 80.6 Å². The number of aliphatic carboxylic acids is 6. The number of carbonyl (C=O) groups excluding carboxylic acids is 8. The second-order valence-corrected chi connectivity index (χ2v) is 12.2. The third kappa shape index (κ3) is 77.9. The molecule has 6 aromatic rings. The van der Waals surface area contributed by atoms with Crippen molar-refractivity contribution in [3.8, 4) is 0 Å². The first-order valence-corrected chi connectivity index (χ1v) is 19.8. The summed E-state index contributed by atoms with van der Waals surface area (Å²) in [6.07, 6.45) is 9.26. The minimum atomic E-state index is -1.08. The van der Waals surface area contributed by atoms with Gasteiger partial charge in [0.2, 0.25) is 0 Å². The molecule has 24 heteroatoms. The Morgan fingerprint density at radius 3 is 0.566 bits per heavy atom. The normalized spacial score (nSPS) is 8.24. The summed E-state index contributed by atoms with van der Waals surface area (Å²) in [5.41, 5.74) is 2.10. The van der Waals surface area contributed by atoms with Gasteiger partial charge in [-0.05, 0) is 89.1 Å². The Bertz CT molecular complexity index is 2100. The molecule has 0 bridgehead atoms. The van der Waals surface area contributed by atoms with Crippen molar-refractivity contribution in [1.29, 1.82) is 0 Å². The topological polar surface area (TPSA) is 404 Å². The summed E-state index contributed by atoms with van der Waals surface area (Å²) < 4.78 is 0. The number of benzene rings is 4. The van der Waals surface area contributed by atoms with Crippen LogP contribution in [0.4, 0.5) is 0 Å². The maximum Gasteiger partial charge on any atom is 3.00 e. The van der Waals surface area contributed by atoms with Crippen LogP contribution in [-0.2, 0) is 108 Å². The van der Waals surface area contributed by atoms with Crippen molar-refractivity contribution in [2.45, 2.75) is 41.5 Å². The second-order valence-electron chi connectivity index (χ2n) is 12.2. The van der Waals surface area contributed by atoms with Gasteiger partial charge in [-0.25, -0.2) is 0 Å². The molecule has 4 aromatic carbocycles. The van der Waals surface area contributed by atoms with E-state index in [4.69, 9.17) is 59.4 Å². The Kier molecular flexibility index (Phi) is 76.2. The summed E-state index contributed by atoms with van der Waals surface area (Å²) in [4.78, 5) is 84.4. The average Bonchev–Trinajstić information content (AvgIpc) is 3.31. The number of aromatic nitrogens is 2. The summed E-state index contributed by atoms with van der Waals surface area (Å²) in [6.45, 7) is 5.83. The molecule has 2 heterocycles. The predicted octanol–water partition coefficient (Wildman–Crippen LogP) is -1.01. The Morgan fingerprint density at radius 1 is 0.289 bits per heavy atom. The largest absolute Gasteiger partial charge is 3.00 e. The fourth-order valence-electron chi connectivity index (χ4n) is 3.61. The first-order chi connectivity index (χ1) is 32.9. The molecule has 0 saturated heterocycles. The smallest absolute Gasteiger partial charge is 2.00 e. The summed E-state index contributed by atoms with van der Waals surface area (Å²) in [6, 6.07) is 46.5. The maximum absolute atomic E-state index is 11.8. The number of carboxylic acids is 6. The van der Waals surface area contributed by atoms with Gasteiger partial charge in [-0.15, -0.1) is 0 Å². The van der Waals surface area contributed by atoms with Crippen molar-refractivity contribution in [3.63, 3.8) is 0 Å². The van der Waals surface area contributed by atoms with E-state index in [0.717, 1.165) is 53.7 Å². The van der Waals surface area contributed by atoms with Crippen molar-refractivity contribution in [2.24, 2.45) is 0 Å². The third-order valence-electron chi connectivity index (χ3n) is 5.89. The minimum Gasteiger partial charge on any atom is -2.00 e. The van der Waals surface area contributed by atoms with Crippen LogP contribution in [0.5, 0.6) is 0 Å². The van der Waals surface area contributed by atoms with Crippen molar-refractivity contribution >= 4 is 58.9 Å². The van der Waals surface area contributed by atoms with E-state index in [9.17, 15) is 19.8 Å². The molecule has 0 radical (unpaired) electrons. The molecule has 0 aliphatic rings. The zero-order chi connectivity index (χ0) is 54.1. The van der Waals surface area contributed by atoms with E-state index in [1.807, 2.05) is 60.7 Å². The van der Waals surface area contributed by atoms with E-state index in [-0.39, 0.29) is 102 Å². The number of ketones is 2. The number of hydrogen-bond donors (Lipinski definition) is 0. The second kappa shape index (κ2) is 63.5.